The Balaban J connectivity index is 0.000000174. The molecule has 3 aromatic carbocycles. The van der Waals surface area contributed by atoms with Gasteiger partial charge in [0.2, 0.25) is 0 Å². The average molecular weight is 322 g/mol. The fraction of sp³-hybridized carbons (Fsp3) is 0. The Hall–Kier alpha value is -3.40. The van der Waals surface area contributed by atoms with Gasteiger partial charge in [-0.3, -0.25) is 0 Å². The molecule has 0 aromatic heterocycles. The molecule has 0 atom stereocenters. The lowest BCUT2D eigenvalue weighted by atomic mass is 10.1. The van der Waals surface area contributed by atoms with Gasteiger partial charge in [0.1, 0.15) is 23.0 Å². The van der Waals surface area contributed by atoms with Crippen LogP contribution in [0.5, 0.6) is 17.2 Å². The maximum absolute atomic E-state index is 9.32. The Labute approximate surface area is 139 Å². The lowest BCUT2D eigenvalue weighted by Gasteiger charge is -2.05. The van der Waals surface area contributed by atoms with Crippen LogP contribution < -0.4 is 0 Å². The van der Waals surface area contributed by atoms with E-state index in [2.05, 4.69) is 13.2 Å². The number of fused-ring (bicyclic) bond motifs is 1. The molecule has 0 heterocycles. The zero-order chi connectivity index (χ0) is 17.7. The number of benzene rings is 3. The van der Waals surface area contributed by atoms with Gasteiger partial charge in [0.05, 0.1) is 0 Å². The van der Waals surface area contributed by atoms with Gasteiger partial charge in [0.25, 0.3) is 0 Å². The molecule has 0 saturated carbocycles. The second-order valence-corrected chi connectivity index (χ2v) is 5.10. The summed E-state index contributed by atoms with van der Waals surface area (Å²) in [7, 11) is 0. The minimum absolute atomic E-state index is 0.0687. The summed E-state index contributed by atoms with van der Waals surface area (Å²) in [6.45, 7) is 6.89. The van der Waals surface area contributed by atoms with Crippen LogP contribution in [0, 0.1) is 0 Å². The van der Waals surface area contributed by atoms with Crippen LogP contribution in [0.1, 0.15) is 11.1 Å². The molecule has 0 radical (unpaired) electrons. The number of phenolic OH excluding ortho intramolecular Hbond substituents is 3. The summed E-state index contributed by atoms with van der Waals surface area (Å²) in [6, 6.07) is 14.9. The van der Waals surface area contributed by atoms with Crippen molar-refractivity contribution in [2.24, 2.45) is 0 Å². The van der Waals surface area contributed by atoms with Crippen molar-refractivity contribution in [1.82, 2.24) is 0 Å². The van der Waals surface area contributed by atoms with Crippen molar-refractivity contribution < 1.29 is 20.4 Å². The highest BCUT2D eigenvalue weighted by molar-refractivity contribution is 5.85. The maximum Gasteiger partial charge on any atom is 0.123 e. The third-order valence-electron chi connectivity index (χ3n) is 3.41. The number of rotatable bonds is 2. The van der Waals surface area contributed by atoms with E-state index in [1.165, 1.54) is 12.1 Å². The molecule has 0 aliphatic heterocycles. The molecule has 0 aliphatic carbocycles. The highest BCUT2D eigenvalue weighted by Gasteiger charge is 2.05. The summed E-state index contributed by atoms with van der Waals surface area (Å²) in [4.78, 5) is 0. The molecule has 0 unspecified atom stereocenters. The monoisotopic (exact) mass is 322 g/mol. The molecule has 0 aliphatic rings. The first kappa shape index (κ1) is 17.0. The molecule has 3 rings (SSSR count). The van der Waals surface area contributed by atoms with E-state index in [1.807, 2.05) is 12.1 Å². The number of aliphatic hydroxyl groups excluding tert-OH is 1. The van der Waals surface area contributed by atoms with Crippen LogP contribution in [0.25, 0.3) is 22.6 Å². The molecule has 0 bridgehead atoms. The van der Waals surface area contributed by atoms with Gasteiger partial charge in [0.15, 0.2) is 0 Å². The zero-order valence-corrected chi connectivity index (χ0v) is 13.0. The minimum atomic E-state index is -0.0687. The SMILES string of the molecule is C=Cc1c(O)cccc1C(=C)O.Oc1ccc2ccc(O)cc2c1. The topological polar surface area (TPSA) is 80.9 Å². The summed E-state index contributed by atoms with van der Waals surface area (Å²) in [5.74, 6) is 0.458. The molecule has 122 valence electrons. The van der Waals surface area contributed by atoms with Gasteiger partial charge in [0, 0.05) is 11.1 Å². The quantitative estimate of drug-likeness (QED) is 0.510. The molecule has 0 saturated heterocycles. The van der Waals surface area contributed by atoms with Crippen LogP contribution in [0.15, 0.2) is 67.8 Å². The Bertz CT molecular complexity index is 861. The van der Waals surface area contributed by atoms with Crippen LogP contribution in [0.4, 0.5) is 0 Å². The van der Waals surface area contributed by atoms with Crippen LogP contribution >= 0.6 is 0 Å². The molecule has 4 N–H and O–H groups in total. The standard InChI is InChI=1S/C10H8O2.C10H10O2/c11-9-3-1-7-2-4-10(12)6-8(7)5-9;1-3-8-9(7(2)11)5-4-6-10(8)12/h1-6,11-12H;3-6,11-12H,1-2H2. The van der Waals surface area contributed by atoms with E-state index < -0.39 is 0 Å². The molecule has 0 amide bonds. The van der Waals surface area contributed by atoms with Crippen molar-refractivity contribution in [3.63, 3.8) is 0 Å². The third-order valence-corrected chi connectivity index (χ3v) is 3.41. The summed E-state index contributed by atoms with van der Waals surface area (Å²) in [5, 5.41) is 38.6. The highest BCUT2D eigenvalue weighted by Crippen LogP contribution is 2.25. The Morgan fingerprint density at radius 2 is 1.42 bits per heavy atom. The predicted molar refractivity (Wildman–Crippen MR) is 97.1 cm³/mol. The number of aliphatic hydroxyl groups is 1. The Kier molecular flexibility index (Phi) is 5.12. The summed E-state index contributed by atoms with van der Waals surface area (Å²) >= 11 is 0. The molecular weight excluding hydrogens is 304 g/mol. The highest BCUT2D eigenvalue weighted by atomic mass is 16.3. The van der Waals surface area contributed by atoms with E-state index in [9.17, 15) is 5.11 Å². The van der Waals surface area contributed by atoms with E-state index in [0.29, 0.717) is 11.1 Å². The van der Waals surface area contributed by atoms with Gasteiger partial charge in [-0.25, -0.2) is 0 Å². The fourth-order valence-corrected chi connectivity index (χ4v) is 2.24. The Morgan fingerprint density at radius 3 is 1.88 bits per heavy atom. The van der Waals surface area contributed by atoms with E-state index in [1.54, 1.807) is 36.4 Å². The molecule has 3 aromatic rings. The Morgan fingerprint density at radius 1 is 0.833 bits per heavy atom. The van der Waals surface area contributed by atoms with Gasteiger partial charge in [-0.05, 0) is 41.1 Å². The lowest BCUT2D eigenvalue weighted by molar-refractivity contribution is 0.471. The average Bonchev–Trinajstić information content (AvgIpc) is 2.54. The van der Waals surface area contributed by atoms with Crippen molar-refractivity contribution in [2.75, 3.05) is 0 Å². The van der Waals surface area contributed by atoms with E-state index in [4.69, 9.17) is 15.3 Å². The molecule has 0 spiro atoms. The molecule has 4 heteroatoms. The van der Waals surface area contributed by atoms with Gasteiger partial charge in [-0.1, -0.05) is 43.5 Å². The first-order chi connectivity index (χ1) is 11.4. The normalized spacial score (nSPS) is 9.83. The number of hydrogen-bond donors (Lipinski definition) is 4. The lowest BCUT2D eigenvalue weighted by Crippen LogP contribution is -1.86. The number of hydrogen-bond acceptors (Lipinski definition) is 4. The first-order valence-corrected chi connectivity index (χ1v) is 7.16. The second kappa shape index (κ2) is 7.24. The molecule has 4 nitrogen and oxygen atoms in total. The van der Waals surface area contributed by atoms with Crippen molar-refractivity contribution in [3.8, 4) is 17.2 Å². The second-order valence-electron chi connectivity index (χ2n) is 5.10. The largest absolute Gasteiger partial charge is 0.508 e. The summed E-state index contributed by atoms with van der Waals surface area (Å²) in [5.41, 5.74) is 1.01. The predicted octanol–water partition coefficient (Wildman–Crippen LogP) is 4.81. The van der Waals surface area contributed by atoms with Crippen LogP contribution in [-0.4, -0.2) is 20.4 Å². The van der Waals surface area contributed by atoms with E-state index >= 15 is 0 Å². The third kappa shape index (κ3) is 3.87. The van der Waals surface area contributed by atoms with Crippen LogP contribution in [0.2, 0.25) is 0 Å². The van der Waals surface area contributed by atoms with Crippen molar-refractivity contribution in [1.29, 1.82) is 0 Å². The minimum Gasteiger partial charge on any atom is -0.508 e. The maximum atomic E-state index is 9.32. The van der Waals surface area contributed by atoms with Crippen molar-refractivity contribution in [3.05, 3.63) is 78.9 Å². The number of phenols is 3. The van der Waals surface area contributed by atoms with Gasteiger partial charge >= 0.3 is 0 Å². The summed E-state index contributed by atoms with van der Waals surface area (Å²) < 4.78 is 0. The van der Waals surface area contributed by atoms with Gasteiger partial charge < -0.3 is 20.4 Å². The molecule has 24 heavy (non-hydrogen) atoms. The van der Waals surface area contributed by atoms with Crippen LogP contribution in [0.3, 0.4) is 0 Å². The van der Waals surface area contributed by atoms with Gasteiger partial charge in [-0.2, -0.15) is 0 Å². The van der Waals surface area contributed by atoms with E-state index in [0.717, 1.165) is 10.8 Å². The van der Waals surface area contributed by atoms with Crippen molar-refractivity contribution in [2.45, 2.75) is 0 Å². The van der Waals surface area contributed by atoms with Crippen molar-refractivity contribution >= 4 is 22.6 Å². The molecular formula is C20H18O4. The summed E-state index contributed by atoms with van der Waals surface area (Å²) in [6.07, 6.45) is 1.48. The molecule has 0 fully saturated rings. The fourth-order valence-electron chi connectivity index (χ4n) is 2.24. The van der Waals surface area contributed by atoms with Gasteiger partial charge in [-0.15, -0.1) is 0 Å². The van der Waals surface area contributed by atoms with Crippen LogP contribution in [-0.2, 0) is 0 Å². The zero-order valence-electron chi connectivity index (χ0n) is 13.0. The first-order valence-electron chi connectivity index (χ1n) is 7.16. The smallest absolute Gasteiger partial charge is 0.123 e. The number of aromatic hydroxyl groups is 3. The van der Waals surface area contributed by atoms with E-state index in [-0.39, 0.29) is 23.0 Å².